The summed E-state index contributed by atoms with van der Waals surface area (Å²) in [5.41, 5.74) is 7.77. The first kappa shape index (κ1) is 9.22. The Morgan fingerprint density at radius 2 is 2.08 bits per heavy atom. The number of hydrogen-bond donors (Lipinski definition) is 0. The zero-order valence-electron chi connectivity index (χ0n) is 6.74. The number of rotatable bonds is 2. The van der Waals surface area contributed by atoms with Gasteiger partial charge in [0, 0.05) is 12.8 Å². The van der Waals surface area contributed by atoms with E-state index in [0.717, 1.165) is 11.8 Å². The molecule has 0 aromatic heterocycles. The van der Waals surface area contributed by atoms with Crippen LogP contribution < -0.4 is 5.73 Å². The first-order valence-electron chi connectivity index (χ1n) is 3.47. The quantitative estimate of drug-likeness (QED) is 0.684. The Labute approximate surface area is 72.1 Å². The first-order chi connectivity index (χ1) is 5.54. The molecule has 0 amide bonds. The molecule has 1 aromatic rings. The second kappa shape index (κ2) is 3.25. The van der Waals surface area contributed by atoms with Gasteiger partial charge in [0.05, 0.1) is 4.90 Å². The minimum Gasteiger partial charge on any atom is -0.253 e. The molecule has 0 fully saturated rings. The summed E-state index contributed by atoms with van der Waals surface area (Å²) in [6, 6.07) is 6.46. The predicted octanol–water partition coefficient (Wildman–Crippen LogP) is 0.873. The molecule has 0 spiro atoms. The maximum Gasteiger partial charge on any atom is 0.175 e. The van der Waals surface area contributed by atoms with Gasteiger partial charge in [0.2, 0.25) is 0 Å². The average Bonchev–Trinajstić information content (AvgIpc) is 2.03. The molecule has 3 nitrogen and oxygen atoms in total. The molecule has 65 valence electrons. The predicted molar refractivity (Wildman–Crippen MR) is 46.4 cm³/mol. The normalized spacial score (nSPS) is 11.5. The van der Waals surface area contributed by atoms with Crippen molar-refractivity contribution in [3.05, 3.63) is 29.8 Å². The lowest BCUT2D eigenvalue weighted by atomic mass is 10.2. The van der Waals surface area contributed by atoms with E-state index in [1.807, 2.05) is 0 Å². The number of nitrogens with one attached hydrogen (secondary N) is 1. The third kappa shape index (κ3) is 2.06. The van der Waals surface area contributed by atoms with Gasteiger partial charge in [-0.25, -0.2) is 8.42 Å². The van der Waals surface area contributed by atoms with Gasteiger partial charge in [-0.05, 0) is 17.7 Å². The summed E-state index contributed by atoms with van der Waals surface area (Å²) in [6.45, 7) is 0.114. The van der Waals surface area contributed by atoms with Crippen LogP contribution in [0.4, 0.5) is 0 Å². The molecule has 1 N–H and O–H groups in total. The summed E-state index contributed by atoms with van der Waals surface area (Å²) in [5, 5.41) is 0. The second-order valence-corrected chi connectivity index (χ2v) is 4.61. The zero-order chi connectivity index (χ0) is 9.19. The van der Waals surface area contributed by atoms with Gasteiger partial charge in [0.15, 0.2) is 9.84 Å². The van der Waals surface area contributed by atoms with Crippen LogP contribution in [0.1, 0.15) is 5.56 Å². The average molecular weight is 184 g/mol. The Kier molecular flexibility index (Phi) is 2.49. The van der Waals surface area contributed by atoms with E-state index in [1.165, 1.54) is 12.1 Å². The van der Waals surface area contributed by atoms with Gasteiger partial charge in [-0.1, -0.05) is 12.1 Å². The molecular formula is C8H10NO2S. The summed E-state index contributed by atoms with van der Waals surface area (Å²) < 4.78 is 22.1. The van der Waals surface area contributed by atoms with Gasteiger partial charge < -0.3 is 0 Å². The molecule has 1 rings (SSSR count). The molecule has 0 aliphatic carbocycles. The van der Waals surface area contributed by atoms with Gasteiger partial charge in [0.1, 0.15) is 0 Å². The van der Waals surface area contributed by atoms with Crippen LogP contribution in [-0.4, -0.2) is 14.7 Å². The Hall–Kier alpha value is -0.870. The van der Waals surface area contributed by atoms with E-state index >= 15 is 0 Å². The highest BCUT2D eigenvalue weighted by atomic mass is 32.2. The Bertz CT molecular complexity index is 370. The number of sulfone groups is 1. The molecule has 0 heterocycles. The van der Waals surface area contributed by atoms with E-state index in [9.17, 15) is 8.42 Å². The van der Waals surface area contributed by atoms with Crippen LogP contribution >= 0.6 is 0 Å². The van der Waals surface area contributed by atoms with Crippen molar-refractivity contribution in [2.75, 3.05) is 6.26 Å². The van der Waals surface area contributed by atoms with E-state index in [1.54, 1.807) is 12.1 Å². The molecular weight excluding hydrogens is 174 g/mol. The minimum absolute atomic E-state index is 0.114. The van der Waals surface area contributed by atoms with E-state index in [0.29, 0.717) is 0 Å². The molecule has 12 heavy (non-hydrogen) atoms. The fourth-order valence-corrected chi connectivity index (χ4v) is 1.58. The highest BCUT2D eigenvalue weighted by molar-refractivity contribution is 7.90. The van der Waals surface area contributed by atoms with Crippen molar-refractivity contribution in [2.24, 2.45) is 0 Å². The lowest BCUT2D eigenvalue weighted by Crippen LogP contribution is -1.97. The summed E-state index contributed by atoms with van der Waals surface area (Å²) in [4.78, 5) is 0.284. The van der Waals surface area contributed by atoms with Crippen molar-refractivity contribution in [3.63, 3.8) is 0 Å². The summed E-state index contributed by atoms with van der Waals surface area (Å²) in [5.74, 6) is 0. The molecule has 0 bridgehead atoms. The van der Waals surface area contributed by atoms with Crippen LogP contribution in [0, 0.1) is 0 Å². The molecule has 0 atom stereocenters. The minimum atomic E-state index is -3.12. The molecule has 0 unspecified atom stereocenters. The molecule has 0 saturated heterocycles. The molecule has 1 aromatic carbocycles. The van der Waals surface area contributed by atoms with Crippen molar-refractivity contribution in [3.8, 4) is 0 Å². The van der Waals surface area contributed by atoms with Gasteiger partial charge in [-0.2, -0.15) is 0 Å². The lowest BCUT2D eigenvalue weighted by Gasteiger charge is -1.99. The molecule has 0 aliphatic rings. The first-order valence-corrected chi connectivity index (χ1v) is 5.37. The molecule has 0 aliphatic heterocycles. The third-order valence-corrected chi connectivity index (χ3v) is 2.64. The van der Waals surface area contributed by atoms with Crippen LogP contribution in [0.5, 0.6) is 0 Å². The maximum absolute atomic E-state index is 11.0. The van der Waals surface area contributed by atoms with Gasteiger partial charge in [-0.15, -0.1) is 0 Å². The van der Waals surface area contributed by atoms with Crippen LogP contribution in [0.15, 0.2) is 29.2 Å². The van der Waals surface area contributed by atoms with E-state index < -0.39 is 9.84 Å². The third-order valence-electron chi connectivity index (χ3n) is 1.53. The summed E-state index contributed by atoms with van der Waals surface area (Å²) in [7, 11) is -3.12. The zero-order valence-corrected chi connectivity index (χ0v) is 7.56. The van der Waals surface area contributed by atoms with Crippen LogP contribution in [0.2, 0.25) is 0 Å². The lowest BCUT2D eigenvalue weighted by molar-refractivity contribution is 0.601. The van der Waals surface area contributed by atoms with E-state index in [-0.39, 0.29) is 11.4 Å². The summed E-state index contributed by atoms with van der Waals surface area (Å²) >= 11 is 0. The van der Waals surface area contributed by atoms with Crippen LogP contribution in [-0.2, 0) is 16.4 Å². The van der Waals surface area contributed by atoms with Crippen LogP contribution in [0.25, 0.3) is 0 Å². The van der Waals surface area contributed by atoms with Crippen molar-refractivity contribution >= 4 is 9.84 Å². The Balaban J connectivity index is 3.20. The van der Waals surface area contributed by atoms with Gasteiger partial charge in [-0.3, -0.25) is 5.73 Å². The van der Waals surface area contributed by atoms with Crippen molar-refractivity contribution in [1.82, 2.24) is 5.73 Å². The number of hydrogen-bond acceptors (Lipinski definition) is 2. The van der Waals surface area contributed by atoms with Crippen molar-refractivity contribution in [1.29, 1.82) is 0 Å². The highest BCUT2D eigenvalue weighted by Gasteiger charge is 2.05. The van der Waals surface area contributed by atoms with Crippen molar-refractivity contribution < 1.29 is 8.42 Å². The van der Waals surface area contributed by atoms with Crippen molar-refractivity contribution in [2.45, 2.75) is 11.4 Å². The van der Waals surface area contributed by atoms with Gasteiger partial charge in [0.25, 0.3) is 0 Å². The fourth-order valence-electron chi connectivity index (χ4n) is 0.886. The van der Waals surface area contributed by atoms with E-state index in [4.69, 9.17) is 5.73 Å². The summed E-state index contributed by atoms with van der Waals surface area (Å²) in [6.07, 6.45) is 1.16. The smallest absolute Gasteiger partial charge is 0.175 e. The Morgan fingerprint density at radius 1 is 1.42 bits per heavy atom. The largest absolute Gasteiger partial charge is 0.253 e. The van der Waals surface area contributed by atoms with Crippen LogP contribution in [0.3, 0.4) is 0 Å². The van der Waals surface area contributed by atoms with E-state index in [2.05, 4.69) is 0 Å². The SMILES string of the molecule is CS(=O)(=O)c1cccc(C[NH])c1. The molecule has 0 saturated carbocycles. The molecule has 4 heteroatoms. The monoisotopic (exact) mass is 184 g/mol. The second-order valence-electron chi connectivity index (χ2n) is 2.60. The standard InChI is InChI=1S/C8H10NO2S/c1-12(10,11)8-4-2-3-7(5-8)6-9/h2-5,9H,6H2,1H3. The fraction of sp³-hybridized carbons (Fsp3) is 0.250. The topological polar surface area (TPSA) is 57.9 Å². The highest BCUT2D eigenvalue weighted by Crippen LogP contribution is 2.10. The number of benzene rings is 1. The molecule has 1 radical (unpaired) electrons. The van der Waals surface area contributed by atoms with Gasteiger partial charge >= 0.3 is 0 Å². The Morgan fingerprint density at radius 3 is 2.58 bits per heavy atom. The maximum atomic E-state index is 11.0.